The van der Waals surface area contributed by atoms with E-state index in [9.17, 15) is 18.0 Å². The highest BCUT2D eigenvalue weighted by atomic mass is 32.2. The minimum Gasteiger partial charge on any atom is -0.326 e. The number of benzene rings is 2. The minimum atomic E-state index is -3.11. The van der Waals surface area contributed by atoms with Crippen molar-refractivity contribution < 1.29 is 18.0 Å². The molecular formula is C19H22N2O4S. The van der Waals surface area contributed by atoms with Gasteiger partial charge in [0.25, 0.3) is 5.91 Å². The molecule has 0 unspecified atom stereocenters. The highest BCUT2D eigenvalue weighted by molar-refractivity contribution is 7.89. The van der Waals surface area contributed by atoms with Crippen molar-refractivity contribution in [2.75, 3.05) is 16.9 Å². The third-order valence-electron chi connectivity index (χ3n) is 3.58. The first-order chi connectivity index (χ1) is 12.1. The molecule has 0 aliphatic heterocycles. The van der Waals surface area contributed by atoms with Crippen molar-refractivity contribution >= 4 is 33.0 Å². The SMILES string of the molecule is CC(C)C(=O)Nc1ccc(NC(=O)c2ccc(CS(C)(=O)=O)cc2)cc1. The largest absolute Gasteiger partial charge is 0.326 e. The fourth-order valence-electron chi connectivity index (χ4n) is 2.18. The molecule has 26 heavy (non-hydrogen) atoms. The van der Waals surface area contributed by atoms with Gasteiger partial charge in [-0.25, -0.2) is 8.42 Å². The van der Waals surface area contributed by atoms with Crippen LogP contribution in [-0.4, -0.2) is 26.5 Å². The van der Waals surface area contributed by atoms with Crippen LogP contribution in [0.2, 0.25) is 0 Å². The molecule has 0 saturated heterocycles. The highest BCUT2D eigenvalue weighted by Gasteiger charge is 2.10. The standard InChI is InChI=1S/C19H22N2O4S/c1-13(2)18(22)20-16-8-10-17(11-9-16)21-19(23)15-6-4-14(5-7-15)12-26(3,24)25/h4-11,13H,12H2,1-3H3,(H,20,22)(H,21,23). The van der Waals surface area contributed by atoms with Gasteiger partial charge in [0, 0.05) is 29.1 Å². The summed E-state index contributed by atoms with van der Waals surface area (Å²) < 4.78 is 22.6. The van der Waals surface area contributed by atoms with Crippen molar-refractivity contribution in [2.45, 2.75) is 19.6 Å². The molecule has 2 rings (SSSR count). The summed E-state index contributed by atoms with van der Waals surface area (Å²) in [6.07, 6.45) is 1.17. The molecule has 6 nitrogen and oxygen atoms in total. The van der Waals surface area contributed by atoms with Gasteiger partial charge in [0.05, 0.1) is 5.75 Å². The van der Waals surface area contributed by atoms with Crippen LogP contribution in [0.1, 0.15) is 29.8 Å². The second-order valence-electron chi connectivity index (χ2n) is 6.44. The number of hydrogen-bond acceptors (Lipinski definition) is 4. The van der Waals surface area contributed by atoms with Crippen molar-refractivity contribution in [2.24, 2.45) is 5.92 Å². The maximum atomic E-state index is 12.3. The molecule has 138 valence electrons. The van der Waals surface area contributed by atoms with Crippen molar-refractivity contribution in [3.63, 3.8) is 0 Å². The first-order valence-corrected chi connectivity index (χ1v) is 10.2. The average Bonchev–Trinajstić information content (AvgIpc) is 2.55. The fourth-order valence-corrected chi connectivity index (χ4v) is 2.98. The first kappa shape index (κ1) is 19.7. The van der Waals surface area contributed by atoms with Gasteiger partial charge in [0.15, 0.2) is 9.84 Å². The van der Waals surface area contributed by atoms with E-state index in [-0.39, 0.29) is 23.5 Å². The molecule has 0 spiro atoms. The molecule has 0 heterocycles. The molecule has 0 radical (unpaired) electrons. The summed E-state index contributed by atoms with van der Waals surface area (Å²) in [6, 6.07) is 13.3. The lowest BCUT2D eigenvalue weighted by Gasteiger charge is -2.09. The predicted octanol–water partition coefficient (Wildman–Crippen LogP) is 3.08. The number of sulfone groups is 1. The minimum absolute atomic E-state index is 0.0571. The van der Waals surface area contributed by atoms with Gasteiger partial charge >= 0.3 is 0 Å². The lowest BCUT2D eigenvalue weighted by Crippen LogP contribution is -2.17. The number of carbonyl (C=O) groups excluding carboxylic acids is 2. The Morgan fingerprint density at radius 1 is 0.885 bits per heavy atom. The molecule has 2 aromatic rings. The van der Waals surface area contributed by atoms with Crippen LogP contribution in [0.3, 0.4) is 0 Å². The summed E-state index contributed by atoms with van der Waals surface area (Å²) in [7, 11) is -3.11. The van der Waals surface area contributed by atoms with Gasteiger partial charge in [-0.15, -0.1) is 0 Å². The maximum absolute atomic E-state index is 12.3. The number of nitrogens with one attached hydrogen (secondary N) is 2. The Hall–Kier alpha value is -2.67. The summed E-state index contributed by atoms with van der Waals surface area (Å²) in [5.74, 6) is -0.538. The normalized spacial score (nSPS) is 11.2. The number of rotatable bonds is 6. The first-order valence-electron chi connectivity index (χ1n) is 8.13. The number of carbonyl (C=O) groups is 2. The Morgan fingerprint density at radius 3 is 1.85 bits per heavy atom. The van der Waals surface area contributed by atoms with E-state index in [0.29, 0.717) is 22.5 Å². The second kappa shape index (κ2) is 8.14. The van der Waals surface area contributed by atoms with Gasteiger partial charge in [-0.1, -0.05) is 26.0 Å². The highest BCUT2D eigenvalue weighted by Crippen LogP contribution is 2.16. The van der Waals surface area contributed by atoms with Crippen LogP contribution in [0.25, 0.3) is 0 Å². The van der Waals surface area contributed by atoms with Crippen LogP contribution in [0.5, 0.6) is 0 Å². The molecule has 0 aromatic heterocycles. The van der Waals surface area contributed by atoms with Gasteiger partial charge < -0.3 is 10.6 Å². The Morgan fingerprint density at radius 2 is 1.38 bits per heavy atom. The number of amides is 2. The monoisotopic (exact) mass is 374 g/mol. The molecule has 0 atom stereocenters. The molecule has 0 saturated carbocycles. The molecule has 0 bridgehead atoms. The predicted molar refractivity (Wildman–Crippen MR) is 103 cm³/mol. The van der Waals surface area contributed by atoms with E-state index >= 15 is 0 Å². The smallest absolute Gasteiger partial charge is 0.255 e. The third kappa shape index (κ3) is 6.00. The molecule has 7 heteroatoms. The fraction of sp³-hybridized carbons (Fsp3) is 0.263. The van der Waals surface area contributed by atoms with Gasteiger partial charge in [-0.05, 0) is 42.0 Å². The zero-order valence-corrected chi connectivity index (χ0v) is 15.8. The summed E-state index contributed by atoms with van der Waals surface area (Å²) in [6.45, 7) is 3.62. The number of anilines is 2. The van der Waals surface area contributed by atoms with E-state index in [2.05, 4.69) is 10.6 Å². The van der Waals surface area contributed by atoms with Crippen molar-refractivity contribution in [1.29, 1.82) is 0 Å². The van der Waals surface area contributed by atoms with Gasteiger partial charge in [0.2, 0.25) is 5.91 Å². The molecule has 0 aliphatic rings. The molecule has 2 amide bonds. The zero-order chi connectivity index (χ0) is 19.3. The van der Waals surface area contributed by atoms with Crippen LogP contribution < -0.4 is 10.6 Å². The summed E-state index contributed by atoms with van der Waals surface area (Å²) in [4.78, 5) is 23.9. The van der Waals surface area contributed by atoms with E-state index in [4.69, 9.17) is 0 Å². The summed E-state index contributed by atoms with van der Waals surface area (Å²) in [5, 5.41) is 5.54. The molecule has 2 N–H and O–H groups in total. The zero-order valence-electron chi connectivity index (χ0n) is 14.9. The van der Waals surface area contributed by atoms with E-state index in [1.54, 1.807) is 48.5 Å². The summed E-state index contributed by atoms with van der Waals surface area (Å²) in [5.41, 5.74) is 2.32. The van der Waals surface area contributed by atoms with Crippen LogP contribution in [0.4, 0.5) is 11.4 Å². The van der Waals surface area contributed by atoms with E-state index in [0.717, 1.165) is 0 Å². The molecular weight excluding hydrogens is 352 g/mol. The molecule has 0 aliphatic carbocycles. The maximum Gasteiger partial charge on any atom is 0.255 e. The van der Waals surface area contributed by atoms with Gasteiger partial charge in [-0.2, -0.15) is 0 Å². The van der Waals surface area contributed by atoms with Crippen molar-refractivity contribution in [1.82, 2.24) is 0 Å². The van der Waals surface area contributed by atoms with Crippen molar-refractivity contribution in [3.05, 3.63) is 59.7 Å². The Labute approximate surface area is 153 Å². The second-order valence-corrected chi connectivity index (χ2v) is 8.58. The van der Waals surface area contributed by atoms with Crippen LogP contribution in [-0.2, 0) is 20.4 Å². The Balaban J connectivity index is 2.00. The lowest BCUT2D eigenvalue weighted by atomic mass is 10.1. The van der Waals surface area contributed by atoms with Crippen LogP contribution in [0, 0.1) is 5.92 Å². The average molecular weight is 374 g/mol. The molecule has 0 fully saturated rings. The van der Waals surface area contributed by atoms with Crippen molar-refractivity contribution in [3.8, 4) is 0 Å². The molecule has 2 aromatic carbocycles. The topological polar surface area (TPSA) is 92.3 Å². The Kier molecular flexibility index (Phi) is 6.15. The van der Waals surface area contributed by atoms with E-state index in [1.165, 1.54) is 6.26 Å². The van der Waals surface area contributed by atoms with E-state index < -0.39 is 9.84 Å². The quantitative estimate of drug-likeness (QED) is 0.813. The lowest BCUT2D eigenvalue weighted by molar-refractivity contribution is -0.118. The van der Waals surface area contributed by atoms with Gasteiger partial charge in [0.1, 0.15) is 0 Å². The van der Waals surface area contributed by atoms with E-state index in [1.807, 2.05) is 13.8 Å². The van der Waals surface area contributed by atoms with Crippen LogP contribution in [0.15, 0.2) is 48.5 Å². The van der Waals surface area contributed by atoms with Crippen LogP contribution >= 0.6 is 0 Å². The Bertz CT molecular complexity index is 886. The number of hydrogen-bond donors (Lipinski definition) is 2. The summed E-state index contributed by atoms with van der Waals surface area (Å²) >= 11 is 0. The van der Waals surface area contributed by atoms with Gasteiger partial charge in [-0.3, -0.25) is 9.59 Å². The third-order valence-corrected chi connectivity index (χ3v) is 4.44.